The van der Waals surface area contributed by atoms with Crippen molar-refractivity contribution in [3.8, 4) is 0 Å². The van der Waals surface area contributed by atoms with Crippen molar-refractivity contribution in [2.24, 2.45) is 0 Å². The van der Waals surface area contributed by atoms with Crippen LogP contribution in [-0.2, 0) is 13.1 Å². The maximum absolute atomic E-state index is 11.9. The van der Waals surface area contributed by atoms with Crippen LogP contribution in [0, 0.1) is 0 Å². The fourth-order valence-electron chi connectivity index (χ4n) is 1.71. The fraction of sp³-hybridized carbons (Fsp3) is 0.333. The number of rotatable bonds is 5. The number of carbonyl (C=O) groups is 1. The van der Waals surface area contributed by atoms with Gasteiger partial charge in [0.1, 0.15) is 11.5 Å². The van der Waals surface area contributed by atoms with Crippen LogP contribution in [0.2, 0.25) is 0 Å². The zero-order valence-electron chi connectivity index (χ0n) is 9.81. The molecule has 0 spiro atoms. The van der Waals surface area contributed by atoms with Gasteiger partial charge in [0.25, 0.3) is 5.91 Å². The molecule has 0 bridgehead atoms. The number of hydrogen-bond acceptors (Lipinski definition) is 2. The van der Waals surface area contributed by atoms with E-state index >= 15 is 0 Å². The Labute approximate surface area is 99.9 Å². The summed E-state index contributed by atoms with van der Waals surface area (Å²) in [5.41, 5.74) is 0.693. The second-order valence-corrected chi connectivity index (χ2v) is 3.81. The molecule has 0 saturated heterocycles. The minimum absolute atomic E-state index is 0.0696. The Kier molecular flexibility index (Phi) is 3.59. The van der Waals surface area contributed by atoms with E-state index in [1.54, 1.807) is 12.4 Å². The van der Waals surface area contributed by atoms with Crippen molar-refractivity contribution >= 4 is 5.91 Å². The standard InChI is InChI=1S/C12H16N4O/c1-2-7-16-8-3-4-10(16)12(17)15-9-11-13-5-6-14-11/h3-6,8H,2,7,9H2,1H3,(H,13,14)(H,15,17). The monoisotopic (exact) mass is 232 g/mol. The van der Waals surface area contributed by atoms with Crippen LogP contribution in [0.1, 0.15) is 29.7 Å². The van der Waals surface area contributed by atoms with Crippen LogP contribution in [0.5, 0.6) is 0 Å². The van der Waals surface area contributed by atoms with Gasteiger partial charge in [0.05, 0.1) is 6.54 Å². The second-order valence-electron chi connectivity index (χ2n) is 3.81. The number of nitrogens with zero attached hydrogens (tertiary/aromatic N) is 2. The quantitative estimate of drug-likeness (QED) is 0.821. The molecule has 5 heteroatoms. The highest BCUT2D eigenvalue weighted by atomic mass is 16.1. The molecule has 0 atom stereocenters. The van der Waals surface area contributed by atoms with Crippen molar-refractivity contribution in [1.82, 2.24) is 19.9 Å². The van der Waals surface area contributed by atoms with Crippen molar-refractivity contribution in [2.45, 2.75) is 26.4 Å². The van der Waals surface area contributed by atoms with E-state index in [2.05, 4.69) is 22.2 Å². The number of aromatic amines is 1. The summed E-state index contributed by atoms with van der Waals surface area (Å²) in [7, 11) is 0. The lowest BCUT2D eigenvalue weighted by Gasteiger charge is -2.07. The molecular weight excluding hydrogens is 216 g/mol. The van der Waals surface area contributed by atoms with Gasteiger partial charge in [-0.2, -0.15) is 0 Å². The first kappa shape index (κ1) is 11.4. The minimum Gasteiger partial charge on any atom is -0.347 e. The van der Waals surface area contributed by atoms with Gasteiger partial charge in [-0.25, -0.2) is 4.98 Å². The molecule has 5 nitrogen and oxygen atoms in total. The van der Waals surface area contributed by atoms with Gasteiger partial charge in [-0.15, -0.1) is 0 Å². The highest BCUT2D eigenvalue weighted by Crippen LogP contribution is 2.03. The predicted molar refractivity (Wildman–Crippen MR) is 64.5 cm³/mol. The van der Waals surface area contributed by atoms with E-state index in [0.29, 0.717) is 12.2 Å². The van der Waals surface area contributed by atoms with Gasteiger partial charge in [-0.3, -0.25) is 4.79 Å². The molecule has 90 valence electrons. The van der Waals surface area contributed by atoms with Gasteiger partial charge in [0.15, 0.2) is 0 Å². The van der Waals surface area contributed by atoms with Crippen molar-refractivity contribution in [1.29, 1.82) is 0 Å². The Morgan fingerprint density at radius 1 is 1.59 bits per heavy atom. The van der Waals surface area contributed by atoms with Crippen LogP contribution < -0.4 is 5.32 Å². The molecule has 0 aliphatic heterocycles. The summed E-state index contributed by atoms with van der Waals surface area (Å²) in [4.78, 5) is 18.9. The van der Waals surface area contributed by atoms with E-state index in [-0.39, 0.29) is 5.91 Å². The maximum Gasteiger partial charge on any atom is 0.268 e. The molecule has 1 amide bonds. The topological polar surface area (TPSA) is 62.7 Å². The van der Waals surface area contributed by atoms with Crippen LogP contribution >= 0.6 is 0 Å². The largest absolute Gasteiger partial charge is 0.347 e. The van der Waals surface area contributed by atoms with E-state index in [9.17, 15) is 4.79 Å². The molecule has 0 aromatic carbocycles. The third kappa shape index (κ3) is 2.75. The number of carbonyl (C=O) groups excluding carboxylic acids is 1. The van der Waals surface area contributed by atoms with E-state index in [4.69, 9.17) is 0 Å². The number of nitrogens with one attached hydrogen (secondary N) is 2. The van der Waals surface area contributed by atoms with Gasteiger partial charge in [-0.1, -0.05) is 6.92 Å². The third-order valence-electron chi connectivity index (χ3n) is 2.50. The van der Waals surface area contributed by atoms with Crippen LogP contribution in [0.4, 0.5) is 0 Å². The van der Waals surface area contributed by atoms with Gasteiger partial charge in [-0.05, 0) is 18.6 Å². The van der Waals surface area contributed by atoms with E-state index in [1.165, 1.54) is 0 Å². The Morgan fingerprint density at radius 3 is 3.18 bits per heavy atom. The molecule has 2 heterocycles. The molecule has 0 unspecified atom stereocenters. The highest BCUT2D eigenvalue weighted by Gasteiger charge is 2.09. The second kappa shape index (κ2) is 5.34. The third-order valence-corrected chi connectivity index (χ3v) is 2.50. The zero-order chi connectivity index (χ0) is 12.1. The van der Waals surface area contributed by atoms with Crippen molar-refractivity contribution in [3.05, 3.63) is 42.2 Å². The lowest BCUT2D eigenvalue weighted by molar-refractivity contribution is 0.0940. The molecule has 2 N–H and O–H groups in total. The Balaban J connectivity index is 1.97. The number of imidazole rings is 1. The van der Waals surface area contributed by atoms with Gasteiger partial charge >= 0.3 is 0 Å². The number of H-pyrrole nitrogens is 1. The summed E-state index contributed by atoms with van der Waals surface area (Å²) in [5, 5.41) is 2.83. The molecule has 0 fully saturated rings. The van der Waals surface area contributed by atoms with Gasteiger partial charge < -0.3 is 14.9 Å². The van der Waals surface area contributed by atoms with Gasteiger partial charge in [0.2, 0.25) is 0 Å². The minimum atomic E-state index is -0.0696. The number of aromatic nitrogens is 3. The summed E-state index contributed by atoms with van der Waals surface area (Å²) in [6.07, 6.45) is 6.33. The Bertz CT molecular complexity index is 472. The summed E-state index contributed by atoms with van der Waals surface area (Å²) in [6.45, 7) is 3.37. The van der Waals surface area contributed by atoms with Crippen molar-refractivity contribution in [2.75, 3.05) is 0 Å². The lowest BCUT2D eigenvalue weighted by Crippen LogP contribution is -2.25. The fourth-order valence-corrected chi connectivity index (χ4v) is 1.71. The molecule has 2 rings (SSSR count). The summed E-state index contributed by atoms with van der Waals surface area (Å²) in [5.74, 6) is 0.687. The molecule has 2 aromatic rings. The molecule has 17 heavy (non-hydrogen) atoms. The maximum atomic E-state index is 11.9. The van der Waals surface area contributed by atoms with E-state index in [1.807, 2.05) is 22.9 Å². The average molecular weight is 232 g/mol. The van der Waals surface area contributed by atoms with Crippen LogP contribution in [0.25, 0.3) is 0 Å². The molecular formula is C12H16N4O. The normalized spacial score (nSPS) is 10.4. The van der Waals surface area contributed by atoms with Crippen molar-refractivity contribution < 1.29 is 4.79 Å². The van der Waals surface area contributed by atoms with Gasteiger partial charge in [0, 0.05) is 25.1 Å². The van der Waals surface area contributed by atoms with E-state index in [0.717, 1.165) is 18.8 Å². The molecule has 2 aromatic heterocycles. The zero-order valence-corrected chi connectivity index (χ0v) is 9.81. The SMILES string of the molecule is CCCn1cccc1C(=O)NCc1ncc[nH]1. The first-order chi connectivity index (χ1) is 8.31. The molecule has 0 aliphatic rings. The molecule has 0 saturated carbocycles. The lowest BCUT2D eigenvalue weighted by atomic mass is 10.3. The molecule has 0 aliphatic carbocycles. The average Bonchev–Trinajstić information content (AvgIpc) is 2.97. The highest BCUT2D eigenvalue weighted by molar-refractivity contribution is 5.92. The molecule has 0 radical (unpaired) electrons. The number of aryl methyl sites for hydroxylation is 1. The Hall–Kier alpha value is -2.04. The first-order valence-corrected chi connectivity index (χ1v) is 5.73. The van der Waals surface area contributed by atoms with Crippen LogP contribution in [-0.4, -0.2) is 20.4 Å². The van der Waals surface area contributed by atoms with E-state index < -0.39 is 0 Å². The van der Waals surface area contributed by atoms with Crippen molar-refractivity contribution in [3.63, 3.8) is 0 Å². The summed E-state index contributed by atoms with van der Waals surface area (Å²) >= 11 is 0. The first-order valence-electron chi connectivity index (χ1n) is 5.73. The Morgan fingerprint density at radius 2 is 2.47 bits per heavy atom. The number of amides is 1. The number of hydrogen-bond donors (Lipinski definition) is 2. The summed E-state index contributed by atoms with van der Waals surface area (Å²) < 4.78 is 1.96. The van der Waals surface area contributed by atoms with Crippen LogP contribution in [0.15, 0.2) is 30.7 Å². The smallest absolute Gasteiger partial charge is 0.268 e. The predicted octanol–water partition coefficient (Wildman–Crippen LogP) is 1.55. The summed E-state index contributed by atoms with van der Waals surface area (Å²) in [6, 6.07) is 3.71. The van der Waals surface area contributed by atoms with Crippen LogP contribution in [0.3, 0.4) is 0 Å².